The van der Waals surface area contributed by atoms with Crippen LogP contribution in [0.25, 0.3) is 0 Å². The molecule has 216 valence electrons. The third kappa shape index (κ3) is 8.82. The van der Waals surface area contributed by atoms with Crippen molar-refractivity contribution in [3.05, 3.63) is 0 Å². The number of ether oxygens (including phenoxy) is 4. The molecule has 0 unspecified atom stereocenters. The third-order valence-electron chi connectivity index (χ3n) is 7.26. The molecule has 37 heavy (non-hydrogen) atoms. The van der Waals surface area contributed by atoms with Crippen LogP contribution in [-0.4, -0.2) is 131 Å². The first kappa shape index (κ1) is 29.6. The Morgan fingerprint density at radius 1 is 0.432 bits per heavy atom. The molecule has 0 aliphatic carbocycles. The first-order valence-corrected chi connectivity index (χ1v) is 19.7. The monoisotopic (exact) mass is 608 g/mol. The quantitative estimate of drug-likeness (QED) is 0.259. The van der Waals surface area contributed by atoms with Crippen molar-refractivity contribution in [1.29, 1.82) is 0 Å². The predicted molar refractivity (Wildman–Crippen MR) is 134 cm³/mol. The topological polar surface area (TPSA) is 173 Å². The summed E-state index contributed by atoms with van der Waals surface area (Å²) in [5.74, 6) is -0.380. The standard InChI is InChI=1S/C21H36O12S4/c22-34(23)5-1-17(9-34)30-13-21(14-31-18-2-6-35(24,25)10-18,15-32-19-3-7-36(26,27)11-19)16-33-20-4-8-37(28,29)12-20/h17-20H,1-16H2/t17-,18-,19+,20+. The van der Waals surface area contributed by atoms with Gasteiger partial charge in [0.25, 0.3) is 0 Å². The average molecular weight is 609 g/mol. The summed E-state index contributed by atoms with van der Waals surface area (Å²) in [4.78, 5) is 0. The highest BCUT2D eigenvalue weighted by molar-refractivity contribution is 7.92. The minimum absolute atomic E-state index is 0.0218. The van der Waals surface area contributed by atoms with Gasteiger partial charge in [-0.15, -0.1) is 0 Å². The lowest BCUT2D eigenvalue weighted by atomic mass is 9.91. The lowest BCUT2D eigenvalue weighted by Crippen LogP contribution is -2.45. The maximum Gasteiger partial charge on any atom is 0.152 e. The fraction of sp³-hybridized carbons (Fsp3) is 1.00. The van der Waals surface area contributed by atoms with E-state index in [2.05, 4.69) is 0 Å². The van der Waals surface area contributed by atoms with Gasteiger partial charge in [0, 0.05) is 0 Å². The second-order valence-electron chi connectivity index (χ2n) is 10.8. The zero-order chi connectivity index (χ0) is 27.0. The van der Waals surface area contributed by atoms with Gasteiger partial charge in [-0.05, 0) is 25.7 Å². The van der Waals surface area contributed by atoms with E-state index in [0.717, 1.165) is 0 Å². The minimum atomic E-state index is -3.20. The molecule has 0 aromatic rings. The molecule has 0 saturated carbocycles. The van der Waals surface area contributed by atoms with Crippen molar-refractivity contribution >= 4 is 39.3 Å². The maximum absolute atomic E-state index is 11.9. The number of hydrogen-bond acceptors (Lipinski definition) is 12. The second kappa shape index (κ2) is 11.3. The lowest BCUT2D eigenvalue weighted by molar-refractivity contribution is -0.140. The summed E-state index contributed by atoms with van der Waals surface area (Å²) in [7, 11) is -12.8. The van der Waals surface area contributed by atoms with Crippen LogP contribution in [0.1, 0.15) is 25.7 Å². The minimum Gasteiger partial charge on any atom is -0.376 e. The SMILES string of the molecule is O=S1(=O)CC[C@@H](OCC(CO[C@@H]2CCS(=O)(=O)C2)(CO[C@H]2CCS(=O)(=O)C2)CO[C@H]2CCS(=O)(=O)C2)C1. The zero-order valence-corrected chi connectivity index (χ0v) is 23.9. The molecule has 0 amide bonds. The predicted octanol–water partition coefficient (Wildman–Crippen LogP) is -1.21. The number of hydrogen-bond donors (Lipinski definition) is 0. The molecule has 12 nitrogen and oxygen atoms in total. The molecule has 4 aliphatic rings. The molecule has 0 aromatic heterocycles. The van der Waals surface area contributed by atoms with Crippen molar-refractivity contribution in [3.63, 3.8) is 0 Å². The fourth-order valence-electron chi connectivity index (χ4n) is 5.00. The highest BCUT2D eigenvalue weighted by Gasteiger charge is 2.41. The van der Waals surface area contributed by atoms with Crippen molar-refractivity contribution in [2.24, 2.45) is 5.41 Å². The summed E-state index contributed by atoms with van der Waals surface area (Å²) in [6, 6.07) is 0. The van der Waals surface area contributed by atoms with Crippen LogP contribution >= 0.6 is 0 Å². The molecule has 0 radical (unpaired) electrons. The summed E-state index contributed by atoms with van der Waals surface area (Å²) >= 11 is 0. The highest BCUT2D eigenvalue weighted by Crippen LogP contribution is 2.29. The molecule has 0 spiro atoms. The van der Waals surface area contributed by atoms with Crippen LogP contribution in [0, 0.1) is 5.41 Å². The summed E-state index contributed by atoms with van der Waals surface area (Å²) in [6.07, 6.45) is -0.782. The smallest absolute Gasteiger partial charge is 0.152 e. The molecule has 0 aromatic carbocycles. The molecule has 4 atom stereocenters. The van der Waals surface area contributed by atoms with Gasteiger partial charge in [0.1, 0.15) is 0 Å². The van der Waals surface area contributed by atoms with E-state index in [1.165, 1.54) is 0 Å². The van der Waals surface area contributed by atoms with Gasteiger partial charge in [-0.3, -0.25) is 0 Å². The summed E-state index contributed by atoms with van der Waals surface area (Å²) < 4.78 is 119. The molecule has 4 fully saturated rings. The van der Waals surface area contributed by atoms with Crippen LogP contribution in [0.3, 0.4) is 0 Å². The number of rotatable bonds is 12. The molecule has 4 saturated heterocycles. The van der Waals surface area contributed by atoms with Gasteiger partial charge in [-0.1, -0.05) is 0 Å². The normalized spacial score (nSPS) is 34.2. The average Bonchev–Trinajstić information content (AvgIpc) is 3.53. The van der Waals surface area contributed by atoms with E-state index in [9.17, 15) is 33.7 Å². The van der Waals surface area contributed by atoms with Gasteiger partial charge in [-0.2, -0.15) is 0 Å². The first-order chi connectivity index (χ1) is 17.1. The van der Waals surface area contributed by atoms with Gasteiger partial charge < -0.3 is 18.9 Å². The molecule has 4 rings (SSSR count). The summed E-state index contributed by atoms with van der Waals surface area (Å²) in [5, 5.41) is 0. The third-order valence-corrected chi connectivity index (χ3v) is 14.2. The number of sulfone groups is 4. The van der Waals surface area contributed by atoms with Crippen LogP contribution in [0.2, 0.25) is 0 Å². The maximum atomic E-state index is 11.9. The molecule has 0 N–H and O–H groups in total. The van der Waals surface area contributed by atoms with Crippen LogP contribution < -0.4 is 0 Å². The Morgan fingerprint density at radius 2 is 0.649 bits per heavy atom. The lowest BCUT2D eigenvalue weighted by Gasteiger charge is -2.36. The Morgan fingerprint density at radius 3 is 0.811 bits per heavy atom. The van der Waals surface area contributed by atoms with Crippen LogP contribution in [0.4, 0.5) is 0 Å². The van der Waals surface area contributed by atoms with Crippen LogP contribution in [-0.2, 0) is 58.3 Å². The van der Waals surface area contributed by atoms with E-state index in [-0.39, 0.29) is 72.5 Å². The molecule has 16 heteroatoms. The van der Waals surface area contributed by atoms with Crippen LogP contribution in [0.15, 0.2) is 0 Å². The zero-order valence-electron chi connectivity index (χ0n) is 20.7. The molecular weight excluding hydrogens is 572 g/mol. The van der Waals surface area contributed by atoms with Crippen molar-refractivity contribution in [1.82, 2.24) is 0 Å². The van der Waals surface area contributed by atoms with Crippen molar-refractivity contribution in [3.8, 4) is 0 Å². The van der Waals surface area contributed by atoms with Crippen molar-refractivity contribution in [2.45, 2.75) is 50.1 Å². The van der Waals surface area contributed by atoms with Gasteiger partial charge in [0.05, 0.1) is 102 Å². The van der Waals surface area contributed by atoms with Gasteiger partial charge in [0.15, 0.2) is 39.3 Å². The molecule has 4 aliphatic heterocycles. The van der Waals surface area contributed by atoms with Gasteiger partial charge in [-0.25, -0.2) is 33.7 Å². The Hall–Kier alpha value is -0.360. The van der Waals surface area contributed by atoms with E-state index < -0.39 is 69.2 Å². The molecule has 0 bridgehead atoms. The molecular formula is C21H36O12S4. The second-order valence-corrected chi connectivity index (χ2v) is 19.8. The van der Waals surface area contributed by atoms with E-state index in [1.807, 2.05) is 0 Å². The van der Waals surface area contributed by atoms with E-state index in [1.54, 1.807) is 0 Å². The first-order valence-electron chi connectivity index (χ1n) is 12.4. The van der Waals surface area contributed by atoms with Crippen LogP contribution in [0.5, 0.6) is 0 Å². The highest BCUT2D eigenvalue weighted by atomic mass is 32.2. The molecule has 4 heterocycles. The summed E-state index contributed by atoms with van der Waals surface area (Å²) in [5.41, 5.74) is -1.03. The van der Waals surface area contributed by atoms with Gasteiger partial charge >= 0.3 is 0 Å². The Kier molecular flexibility index (Phi) is 9.01. The Labute approximate surface area is 219 Å². The van der Waals surface area contributed by atoms with E-state index in [4.69, 9.17) is 18.9 Å². The van der Waals surface area contributed by atoms with Crippen molar-refractivity contribution in [2.75, 3.05) is 72.5 Å². The largest absolute Gasteiger partial charge is 0.376 e. The summed E-state index contributed by atoms with van der Waals surface area (Å²) in [6.45, 7) is -0.144. The fourth-order valence-corrected chi connectivity index (χ4v) is 11.5. The van der Waals surface area contributed by atoms with E-state index in [0.29, 0.717) is 25.7 Å². The Balaban J connectivity index is 1.49. The van der Waals surface area contributed by atoms with E-state index >= 15 is 0 Å². The Bertz CT molecular complexity index is 1040. The van der Waals surface area contributed by atoms with Gasteiger partial charge in [0.2, 0.25) is 0 Å². The van der Waals surface area contributed by atoms with Crippen molar-refractivity contribution < 1.29 is 52.6 Å².